The van der Waals surface area contributed by atoms with Crippen LogP contribution < -0.4 is 14.9 Å². The molecule has 0 aliphatic carbocycles. The van der Waals surface area contributed by atoms with Gasteiger partial charge in [0.15, 0.2) is 11.5 Å². The van der Waals surface area contributed by atoms with Crippen LogP contribution in [-0.4, -0.2) is 29.9 Å². The Morgan fingerprint density at radius 3 is 2.79 bits per heavy atom. The molecule has 0 aromatic heterocycles. The number of carbonyl (C=O) groups is 1. The van der Waals surface area contributed by atoms with Crippen LogP contribution in [0.15, 0.2) is 50.4 Å². The lowest BCUT2D eigenvalue weighted by Crippen LogP contribution is -2.42. The predicted octanol–water partition coefficient (Wildman–Crippen LogP) is 3.21. The molecule has 2 N–H and O–H groups in total. The van der Waals surface area contributed by atoms with Crippen molar-refractivity contribution in [3.63, 3.8) is 0 Å². The lowest BCUT2D eigenvalue weighted by atomic mass is 10.2. The van der Waals surface area contributed by atoms with Crippen molar-refractivity contribution in [2.75, 3.05) is 6.61 Å². The molecule has 1 unspecified atom stereocenters. The van der Waals surface area contributed by atoms with Crippen LogP contribution >= 0.6 is 31.9 Å². The third-order valence-electron chi connectivity index (χ3n) is 3.25. The number of aromatic hydroxyl groups is 1. The maximum absolute atomic E-state index is 12.1. The minimum absolute atomic E-state index is 0.0756. The lowest BCUT2D eigenvalue weighted by molar-refractivity contribution is -0.130. The monoisotopic (exact) mass is 454 g/mol. The highest BCUT2D eigenvalue weighted by Crippen LogP contribution is 2.31. The molecule has 6 nitrogen and oxygen atoms in total. The average molecular weight is 456 g/mol. The van der Waals surface area contributed by atoms with Crippen molar-refractivity contribution in [2.45, 2.75) is 6.10 Å². The van der Waals surface area contributed by atoms with Crippen molar-refractivity contribution >= 4 is 44.0 Å². The number of hydrazone groups is 1. The molecular formula is C16H12Br2N2O4. The molecule has 0 radical (unpaired) electrons. The highest BCUT2D eigenvalue weighted by atomic mass is 79.9. The number of ether oxygens (including phenoxy) is 2. The highest BCUT2D eigenvalue weighted by Gasteiger charge is 2.26. The van der Waals surface area contributed by atoms with Crippen LogP contribution in [0.4, 0.5) is 0 Å². The van der Waals surface area contributed by atoms with Crippen LogP contribution in [-0.2, 0) is 4.79 Å². The molecule has 24 heavy (non-hydrogen) atoms. The minimum Gasteiger partial charge on any atom is -0.507 e. The second kappa shape index (κ2) is 7.23. The first-order chi connectivity index (χ1) is 11.5. The summed E-state index contributed by atoms with van der Waals surface area (Å²) in [5.41, 5.74) is 3.02. The quantitative estimate of drug-likeness (QED) is 0.550. The Hall–Kier alpha value is -2.06. The molecule has 1 aliphatic heterocycles. The van der Waals surface area contributed by atoms with E-state index >= 15 is 0 Å². The van der Waals surface area contributed by atoms with Crippen molar-refractivity contribution in [2.24, 2.45) is 5.10 Å². The summed E-state index contributed by atoms with van der Waals surface area (Å²) in [5.74, 6) is 0.789. The SMILES string of the molecule is O=C(N/N=C\c1cc(O)c(Br)cc1Br)C1COc2ccccc2O1. The summed E-state index contributed by atoms with van der Waals surface area (Å²) in [7, 11) is 0. The largest absolute Gasteiger partial charge is 0.507 e. The van der Waals surface area contributed by atoms with Crippen molar-refractivity contribution in [1.82, 2.24) is 5.43 Å². The van der Waals surface area contributed by atoms with Crippen molar-refractivity contribution < 1.29 is 19.4 Å². The van der Waals surface area contributed by atoms with Crippen molar-refractivity contribution in [1.29, 1.82) is 0 Å². The topological polar surface area (TPSA) is 80.2 Å². The Morgan fingerprint density at radius 2 is 2.00 bits per heavy atom. The van der Waals surface area contributed by atoms with E-state index in [9.17, 15) is 9.90 Å². The van der Waals surface area contributed by atoms with E-state index < -0.39 is 12.0 Å². The van der Waals surface area contributed by atoms with Crippen LogP contribution in [0.25, 0.3) is 0 Å². The van der Waals surface area contributed by atoms with E-state index in [-0.39, 0.29) is 12.4 Å². The van der Waals surface area contributed by atoms with E-state index in [1.54, 1.807) is 24.3 Å². The highest BCUT2D eigenvalue weighted by molar-refractivity contribution is 9.11. The van der Waals surface area contributed by atoms with Crippen LogP contribution in [0.5, 0.6) is 17.2 Å². The number of halogens is 2. The van der Waals surface area contributed by atoms with Gasteiger partial charge in [-0.2, -0.15) is 5.10 Å². The summed E-state index contributed by atoms with van der Waals surface area (Å²) in [4.78, 5) is 12.1. The zero-order valence-electron chi connectivity index (χ0n) is 12.2. The summed E-state index contributed by atoms with van der Waals surface area (Å²) >= 11 is 6.57. The molecule has 8 heteroatoms. The van der Waals surface area contributed by atoms with E-state index in [0.717, 1.165) is 4.47 Å². The Kier molecular flexibility index (Phi) is 5.06. The molecule has 3 rings (SSSR count). The first-order valence-corrected chi connectivity index (χ1v) is 8.52. The number of rotatable bonds is 3. The number of phenols is 1. The second-order valence-corrected chi connectivity index (χ2v) is 6.63. The van der Waals surface area contributed by atoms with Crippen LogP contribution in [0, 0.1) is 0 Å². The third kappa shape index (κ3) is 3.70. The molecule has 0 spiro atoms. The fraction of sp³-hybridized carbons (Fsp3) is 0.125. The van der Waals surface area contributed by atoms with Gasteiger partial charge in [-0.1, -0.05) is 28.1 Å². The lowest BCUT2D eigenvalue weighted by Gasteiger charge is -2.24. The van der Waals surface area contributed by atoms with Gasteiger partial charge in [-0.25, -0.2) is 5.43 Å². The molecule has 1 heterocycles. The number of benzene rings is 2. The number of nitrogens with zero attached hydrogens (tertiary/aromatic N) is 1. The standard InChI is InChI=1S/C16H12Br2N2O4/c17-10-6-11(18)12(21)5-9(10)7-19-20-16(22)15-8-23-13-3-1-2-4-14(13)24-15/h1-7,15,21H,8H2,(H,20,22)/b19-7-. The third-order valence-corrected chi connectivity index (χ3v) is 4.57. The summed E-state index contributed by atoms with van der Waals surface area (Å²) in [6.07, 6.45) is 0.644. The van der Waals surface area contributed by atoms with E-state index in [2.05, 4.69) is 42.4 Å². The molecule has 1 aliphatic rings. The van der Waals surface area contributed by atoms with Gasteiger partial charge in [-0.3, -0.25) is 4.79 Å². The van der Waals surface area contributed by atoms with E-state index in [4.69, 9.17) is 9.47 Å². The van der Waals surface area contributed by atoms with Gasteiger partial charge in [0.25, 0.3) is 5.91 Å². The van der Waals surface area contributed by atoms with Gasteiger partial charge in [0.2, 0.25) is 6.10 Å². The van der Waals surface area contributed by atoms with Gasteiger partial charge in [-0.05, 0) is 40.2 Å². The Morgan fingerprint density at radius 1 is 1.25 bits per heavy atom. The van der Waals surface area contributed by atoms with Crippen LogP contribution in [0.2, 0.25) is 0 Å². The number of amides is 1. The number of carbonyl (C=O) groups excluding carboxylic acids is 1. The van der Waals surface area contributed by atoms with Gasteiger partial charge in [0.05, 0.1) is 10.7 Å². The maximum atomic E-state index is 12.1. The van der Waals surface area contributed by atoms with Gasteiger partial charge in [0.1, 0.15) is 12.4 Å². The van der Waals surface area contributed by atoms with Crippen LogP contribution in [0.3, 0.4) is 0 Å². The molecular weight excluding hydrogens is 444 g/mol. The molecule has 2 aromatic carbocycles. The number of hydrogen-bond acceptors (Lipinski definition) is 5. The van der Waals surface area contributed by atoms with Gasteiger partial charge >= 0.3 is 0 Å². The second-order valence-electron chi connectivity index (χ2n) is 4.92. The Labute approximate surface area is 154 Å². The molecule has 124 valence electrons. The summed E-state index contributed by atoms with van der Waals surface area (Å²) < 4.78 is 12.4. The normalized spacial score (nSPS) is 16.2. The average Bonchev–Trinajstić information content (AvgIpc) is 2.58. The fourth-order valence-electron chi connectivity index (χ4n) is 2.04. The molecule has 0 fully saturated rings. The molecule has 0 bridgehead atoms. The summed E-state index contributed by atoms with van der Waals surface area (Å²) in [6, 6.07) is 10.4. The number of fused-ring (bicyclic) bond motifs is 1. The zero-order valence-corrected chi connectivity index (χ0v) is 15.4. The molecule has 1 atom stereocenters. The van der Waals surface area contributed by atoms with E-state index in [0.29, 0.717) is 21.5 Å². The summed E-state index contributed by atoms with van der Waals surface area (Å²) in [6.45, 7) is 0.112. The zero-order chi connectivity index (χ0) is 17.1. The maximum Gasteiger partial charge on any atom is 0.284 e. The molecule has 0 saturated carbocycles. The van der Waals surface area contributed by atoms with E-state index in [1.165, 1.54) is 12.3 Å². The number of para-hydroxylation sites is 2. The van der Waals surface area contributed by atoms with Crippen molar-refractivity contribution in [3.05, 3.63) is 50.9 Å². The van der Waals surface area contributed by atoms with Crippen LogP contribution in [0.1, 0.15) is 5.56 Å². The molecule has 2 aromatic rings. The summed E-state index contributed by atoms with van der Waals surface area (Å²) in [5, 5.41) is 13.6. The molecule has 1 amide bonds. The fourth-order valence-corrected chi connectivity index (χ4v) is 3.14. The van der Waals surface area contributed by atoms with Gasteiger partial charge in [0, 0.05) is 10.0 Å². The van der Waals surface area contributed by atoms with Crippen molar-refractivity contribution in [3.8, 4) is 17.2 Å². The number of phenolic OH excluding ortho intramolecular Hbond substituents is 1. The molecule has 0 saturated heterocycles. The minimum atomic E-state index is -0.779. The Balaban J connectivity index is 1.63. The first kappa shape index (κ1) is 16.8. The predicted molar refractivity (Wildman–Crippen MR) is 95.6 cm³/mol. The van der Waals surface area contributed by atoms with Gasteiger partial charge < -0.3 is 14.6 Å². The smallest absolute Gasteiger partial charge is 0.284 e. The number of hydrogen-bond donors (Lipinski definition) is 2. The number of nitrogens with one attached hydrogen (secondary N) is 1. The van der Waals surface area contributed by atoms with E-state index in [1.807, 2.05) is 6.07 Å². The Bertz CT molecular complexity index is 811. The van der Waals surface area contributed by atoms with Gasteiger partial charge in [-0.15, -0.1) is 0 Å². The first-order valence-electron chi connectivity index (χ1n) is 6.94.